The Bertz CT molecular complexity index is 724. The highest BCUT2D eigenvalue weighted by molar-refractivity contribution is 5.80. The highest BCUT2D eigenvalue weighted by atomic mass is 19.1. The van der Waals surface area contributed by atoms with Gasteiger partial charge in [0.05, 0.1) is 6.04 Å². The van der Waals surface area contributed by atoms with Gasteiger partial charge in [-0.1, -0.05) is 24.3 Å². The van der Waals surface area contributed by atoms with Crippen molar-refractivity contribution >= 4 is 5.91 Å². The number of nitrogens with zero attached hydrogens (tertiary/aromatic N) is 1. The van der Waals surface area contributed by atoms with Gasteiger partial charge in [0.1, 0.15) is 23.5 Å². The number of amides is 1. The quantitative estimate of drug-likeness (QED) is 0.915. The number of hydrogen-bond donors (Lipinski definition) is 1. The highest BCUT2D eigenvalue weighted by Gasteiger charge is 2.37. The number of primary amides is 1. The molecule has 0 aromatic heterocycles. The second-order valence-electron chi connectivity index (χ2n) is 5.87. The van der Waals surface area contributed by atoms with Crippen LogP contribution in [0.15, 0.2) is 48.5 Å². The van der Waals surface area contributed by atoms with E-state index in [1.165, 1.54) is 12.1 Å². The van der Waals surface area contributed by atoms with Crippen LogP contribution >= 0.6 is 0 Å². The standard InChI is InChI=1S/C18H18F2N2O2/c19-13-7-6-12(16(20)8-13)10-22-11-15(9-17(22)18(21)23)24-14-4-2-1-3-5-14/h1-8,15,17H,9-11H2,(H2,21,23). The van der Waals surface area contributed by atoms with Gasteiger partial charge in [0.15, 0.2) is 0 Å². The molecule has 2 atom stereocenters. The molecule has 2 aromatic carbocycles. The Morgan fingerprint density at radius 2 is 1.96 bits per heavy atom. The van der Waals surface area contributed by atoms with Gasteiger partial charge in [-0.05, 0) is 18.2 Å². The van der Waals surface area contributed by atoms with Crippen LogP contribution in [0.2, 0.25) is 0 Å². The third kappa shape index (κ3) is 3.71. The van der Waals surface area contributed by atoms with E-state index in [0.717, 1.165) is 6.07 Å². The fraction of sp³-hybridized carbons (Fsp3) is 0.278. The van der Waals surface area contributed by atoms with Crippen molar-refractivity contribution in [3.8, 4) is 5.75 Å². The summed E-state index contributed by atoms with van der Waals surface area (Å²) in [5.41, 5.74) is 5.79. The van der Waals surface area contributed by atoms with Crippen molar-refractivity contribution in [2.45, 2.75) is 25.1 Å². The molecule has 0 radical (unpaired) electrons. The normalized spacial score (nSPS) is 20.9. The molecule has 1 heterocycles. The minimum absolute atomic E-state index is 0.175. The lowest BCUT2D eigenvalue weighted by Gasteiger charge is -2.21. The van der Waals surface area contributed by atoms with E-state index < -0.39 is 23.6 Å². The first-order chi connectivity index (χ1) is 11.5. The van der Waals surface area contributed by atoms with Crippen LogP contribution in [0.25, 0.3) is 0 Å². The third-order valence-electron chi connectivity index (χ3n) is 4.13. The molecule has 1 saturated heterocycles. The van der Waals surface area contributed by atoms with Gasteiger partial charge in [0.2, 0.25) is 5.91 Å². The molecule has 1 amide bonds. The fourth-order valence-electron chi connectivity index (χ4n) is 2.98. The van der Waals surface area contributed by atoms with Crippen LogP contribution in [0.1, 0.15) is 12.0 Å². The maximum absolute atomic E-state index is 13.9. The van der Waals surface area contributed by atoms with E-state index in [4.69, 9.17) is 10.5 Å². The molecule has 1 aliphatic rings. The number of hydrogen-bond acceptors (Lipinski definition) is 3. The molecule has 0 bridgehead atoms. The Labute approximate surface area is 138 Å². The number of halogens is 2. The number of para-hydroxylation sites is 1. The number of likely N-dealkylation sites (tertiary alicyclic amines) is 1. The molecule has 2 unspecified atom stereocenters. The Morgan fingerprint density at radius 1 is 1.21 bits per heavy atom. The molecule has 2 N–H and O–H groups in total. The lowest BCUT2D eigenvalue weighted by molar-refractivity contribution is -0.122. The predicted molar refractivity (Wildman–Crippen MR) is 85.2 cm³/mol. The van der Waals surface area contributed by atoms with E-state index in [9.17, 15) is 13.6 Å². The van der Waals surface area contributed by atoms with Crippen molar-refractivity contribution < 1.29 is 18.3 Å². The summed E-state index contributed by atoms with van der Waals surface area (Å²) < 4.78 is 32.8. The molecule has 6 heteroatoms. The van der Waals surface area contributed by atoms with Gasteiger partial charge in [-0.2, -0.15) is 0 Å². The summed E-state index contributed by atoms with van der Waals surface area (Å²) in [6, 6.07) is 12.2. The lowest BCUT2D eigenvalue weighted by Crippen LogP contribution is -2.39. The summed E-state index contributed by atoms with van der Waals surface area (Å²) in [5, 5.41) is 0. The molecule has 3 rings (SSSR count). The maximum atomic E-state index is 13.9. The molecule has 0 aliphatic carbocycles. The fourth-order valence-corrected chi connectivity index (χ4v) is 2.98. The number of ether oxygens (including phenoxy) is 1. The van der Waals surface area contributed by atoms with E-state index in [1.54, 1.807) is 4.90 Å². The van der Waals surface area contributed by atoms with Gasteiger partial charge in [-0.3, -0.25) is 9.69 Å². The first kappa shape index (κ1) is 16.4. The minimum Gasteiger partial charge on any atom is -0.489 e. The Kier molecular flexibility index (Phi) is 4.76. The number of carbonyl (C=O) groups excluding carboxylic acids is 1. The van der Waals surface area contributed by atoms with Crippen molar-refractivity contribution in [1.29, 1.82) is 0 Å². The van der Waals surface area contributed by atoms with Gasteiger partial charge in [0.25, 0.3) is 0 Å². The van der Waals surface area contributed by atoms with E-state index in [0.29, 0.717) is 24.3 Å². The molecular weight excluding hydrogens is 314 g/mol. The van der Waals surface area contributed by atoms with Crippen molar-refractivity contribution in [1.82, 2.24) is 4.90 Å². The molecule has 0 spiro atoms. The van der Waals surface area contributed by atoms with Crippen LogP contribution in [0, 0.1) is 11.6 Å². The van der Waals surface area contributed by atoms with Gasteiger partial charge in [-0.25, -0.2) is 8.78 Å². The average Bonchev–Trinajstić information content (AvgIpc) is 2.94. The van der Waals surface area contributed by atoms with Crippen LogP contribution in [0.5, 0.6) is 5.75 Å². The molecule has 126 valence electrons. The van der Waals surface area contributed by atoms with E-state index >= 15 is 0 Å². The van der Waals surface area contributed by atoms with Gasteiger partial charge in [0, 0.05) is 31.1 Å². The SMILES string of the molecule is NC(=O)C1CC(Oc2ccccc2)CN1Cc1ccc(F)cc1F. The van der Waals surface area contributed by atoms with Crippen molar-refractivity contribution in [3.05, 3.63) is 65.7 Å². The second kappa shape index (κ2) is 6.97. The van der Waals surface area contributed by atoms with Crippen molar-refractivity contribution in [2.75, 3.05) is 6.54 Å². The van der Waals surface area contributed by atoms with Gasteiger partial charge in [-0.15, -0.1) is 0 Å². The Balaban J connectivity index is 1.72. The van der Waals surface area contributed by atoms with Crippen molar-refractivity contribution in [3.63, 3.8) is 0 Å². The Hall–Kier alpha value is -2.47. The van der Waals surface area contributed by atoms with Crippen LogP contribution in [0.4, 0.5) is 8.78 Å². The van der Waals surface area contributed by atoms with E-state index in [-0.39, 0.29) is 12.6 Å². The summed E-state index contributed by atoms with van der Waals surface area (Å²) >= 11 is 0. The monoisotopic (exact) mass is 332 g/mol. The zero-order valence-corrected chi connectivity index (χ0v) is 13.0. The summed E-state index contributed by atoms with van der Waals surface area (Å²) in [5.74, 6) is -1.03. The minimum atomic E-state index is -0.634. The molecule has 1 fully saturated rings. The van der Waals surface area contributed by atoms with Crippen LogP contribution in [0.3, 0.4) is 0 Å². The molecule has 2 aromatic rings. The Morgan fingerprint density at radius 3 is 2.62 bits per heavy atom. The molecular formula is C18H18F2N2O2. The number of rotatable bonds is 5. The first-order valence-electron chi connectivity index (χ1n) is 7.72. The topological polar surface area (TPSA) is 55.6 Å². The summed E-state index contributed by atoms with van der Waals surface area (Å²) in [6.45, 7) is 0.619. The molecule has 0 saturated carbocycles. The van der Waals surface area contributed by atoms with Gasteiger partial charge >= 0.3 is 0 Å². The summed E-state index contributed by atoms with van der Waals surface area (Å²) in [6.07, 6.45) is 0.223. The second-order valence-corrected chi connectivity index (χ2v) is 5.87. The smallest absolute Gasteiger partial charge is 0.234 e. The largest absolute Gasteiger partial charge is 0.489 e. The number of benzene rings is 2. The highest BCUT2D eigenvalue weighted by Crippen LogP contribution is 2.25. The number of nitrogens with two attached hydrogens (primary N) is 1. The average molecular weight is 332 g/mol. The van der Waals surface area contributed by atoms with Crippen LogP contribution in [-0.2, 0) is 11.3 Å². The van der Waals surface area contributed by atoms with E-state index in [1.807, 2.05) is 30.3 Å². The summed E-state index contributed by atoms with van der Waals surface area (Å²) in [4.78, 5) is 13.5. The maximum Gasteiger partial charge on any atom is 0.234 e. The van der Waals surface area contributed by atoms with Gasteiger partial charge < -0.3 is 10.5 Å². The van der Waals surface area contributed by atoms with E-state index in [2.05, 4.69) is 0 Å². The third-order valence-corrected chi connectivity index (χ3v) is 4.13. The molecule has 24 heavy (non-hydrogen) atoms. The first-order valence-corrected chi connectivity index (χ1v) is 7.72. The molecule has 1 aliphatic heterocycles. The molecule has 4 nitrogen and oxygen atoms in total. The summed E-state index contributed by atoms with van der Waals surface area (Å²) in [7, 11) is 0. The van der Waals surface area contributed by atoms with Crippen LogP contribution < -0.4 is 10.5 Å². The zero-order chi connectivity index (χ0) is 17.1. The van der Waals surface area contributed by atoms with Crippen molar-refractivity contribution in [2.24, 2.45) is 5.73 Å². The lowest BCUT2D eigenvalue weighted by atomic mass is 10.1. The predicted octanol–water partition coefficient (Wildman–Crippen LogP) is 2.47. The number of carbonyl (C=O) groups is 1. The van der Waals surface area contributed by atoms with Crippen LogP contribution in [-0.4, -0.2) is 29.5 Å². The zero-order valence-electron chi connectivity index (χ0n) is 13.0.